The van der Waals surface area contributed by atoms with Crippen LogP contribution in [0, 0.1) is 11.6 Å². The van der Waals surface area contributed by atoms with E-state index in [2.05, 4.69) is 20.6 Å². The molecule has 0 spiro atoms. The molecule has 11 heteroatoms. The second-order valence-electron chi connectivity index (χ2n) is 5.25. The molecule has 1 aromatic carbocycles. The lowest BCUT2D eigenvalue weighted by Crippen LogP contribution is -2.39. The predicted octanol–water partition coefficient (Wildman–Crippen LogP) is 4.01. The van der Waals surface area contributed by atoms with Gasteiger partial charge in [-0.1, -0.05) is 6.07 Å². The summed E-state index contributed by atoms with van der Waals surface area (Å²) in [5.41, 5.74) is -0.912. The van der Waals surface area contributed by atoms with Crippen molar-refractivity contribution in [1.82, 2.24) is 15.6 Å². The zero-order valence-electron chi connectivity index (χ0n) is 14.2. The molecule has 0 saturated heterocycles. The molecule has 1 heterocycles. The Morgan fingerprint density at radius 3 is 2.22 bits per heavy atom. The van der Waals surface area contributed by atoms with Crippen LogP contribution in [0.2, 0.25) is 0 Å². The quantitative estimate of drug-likeness (QED) is 0.262. The first kappa shape index (κ1) is 23.5. The second-order valence-corrected chi connectivity index (χ2v) is 6.19. The number of nitrogens with one attached hydrogen (secondary N) is 2. The number of thiazole rings is 1. The average molecular weight is 520 g/mol. The Balaban J connectivity index is 0.00000364. The van der Waals surface area contributed by atoms with Gasteiger partial charge < -0.3 is 10.6 Å². The van der Waals surface area contributed by atoms with E-state index in [0.29, 0.717) is 23.9 Å². The van der Waals surface area contributed by atoms with Crippen molar-refractivity contribution in [3.05, 3.63) is 51.5 Å². The molecular formula is C16H18F5IN4S. The number of aliphatic imine (C=N–C) groups is 1. The van der Waals surface area contributed by atoms with Gasteiger partial charge in [-0.25, -0.2) is 13.8 Å². The zero-order chi connectivity index (χ0) is 19.2. The lowest BCUT2D eigenvalue weighted by atomic mass is 10.1. The minimum atomic E-state index is -4.44. The number of nitrogens with zero attached hydrogens (tertiary/aromatic N) is 2. The topological polar surface area (TPSA) is 49.3 Å². The highest BCUT2D eigenvalue weighted by atomic mass is 127. The molecule has 0 bridgehead atoms. The van der Waals surface area contributed by atoms with E-state index >= 15 is 0 Å². The van der Waals surface area contributed by atoms with Crippen molar-refractivity contribution in [1.29, 1.82) is 0 Å². The van der Waals surface area contributed by atoms with Crippen molar-refractivity contribution < 1.29 is 22.0 Å². The van der Waals surface area contributed by atoms with Crippen LogP contribution in [0.1, 0.15) is 16.3 Å². The Bertz CT molecular complexity index is 743. The van der Waals surface area contributed by atoms with E-state index in [4.69, 9.17) is 0 Å². The van der Waals surface area contributed by atoms with Crippen LogP contribution < -0.4 is 10.6 Å². The summed E-state index contributed by atoms with van der Waals surface area (Å²) in [6, 6.07) is 3.67. The van der Waals surface area contributed by atoms with E-state index in [9.17, 15) is 22.0 Å². The van der Waals surface area contributed by atoms with Gasteiger partial charge >= 0.3 is 6.18 Å². The van der Waals surface area contributed by atoms with Crippen LogP contribution in [0.5, 0.6) is 0 Å². The fourth-order valence-electron chi connectivity index (χ4n) is 2.14. The molecule has 0 amide bonds. The van der Waals surface area contributed by atoms with Gasteiger partial charge in [0, 0.05) is 37.5 Å². The molecule has 0 aliphatic carbocycles. The number of hydrogen-bond donors (Lipinski definition) is 2. The van der Waals surface area contributed by atoms with Crippen molar-refractivity contribution in [3.63, 3.8) is 0 Å². The van der Waals surface area contributed by atoms with E-state index in [1.807, 2.05) is 0 Å². The van der Waals surface area contributed by atoms with Crippen molar-refractivity contribution in [3.8, 4) is 0 Å². The molecule has 0 unspecified atom stereocenters. The first-order chi connectivity index (χ1) is 12.3. The molecule has 0 aliphatic rings. The largest absolute Gasteiger partial charge is 0.434 e. The van der Waals surface area contributed by atoms with Crippen molar-refractivity contribution >= 4 is 41.3 Å². The first-order valence-electron chi connectivity index (χ1n) is 7.70. The van der Waals surface area contributed by atoms with Gasteiger partial charge in [-0.15, -0.1) is 35.3 Å². The van der Waals surface area contributed by atoms with E-state index in [1.165, 1.54) is 25.2 Å². The number of benzene rings is 1. The minimum absolute atomic E-state index is 0. The maximum Gasteiger partial charge on any atom is 0.434 e. The van der Waals surface area contributed by atoms with Crippen LogP contribution in [0.4, 0.5) is 22.0 Å². The lowest BCUT2D eigenvalue weighted by Gasteiger charge is -2.12. The van der Waals surface area contributed by atoms with Gasteiger partial charge in [0.2, 0.25) is 0 Å². The number of aromatic nitrogens is 1. The van der Waals surface area contributed by atoms with Crippen LogP contribution in [0.25, 0.3) is 0 Å². The van der Waals surface area contributed by atoms with Crippen LogP contribution in [-0.2, 0) is 19.0 Å². The van der Waals surface area contributed by atoms with Gasteiger partial charge in [-0.3, -0.25) is 4.99 Å². The van der Waals surface area contributed by atoms with Crippen LogP contribution in [-0.4, -0.2) is 31.1 Å². The lowest BCUT2D eigenvalue weighted by molar-refractivity contribution is -0.140. The second kappa shape index (κ2) is 10.7. The monoisotopic (exact) mass is 520 g/mol. The Labute approximate surface area is 174 Å². The highest BCUT2D eigenvalue weighted by Gasteiger charge is 2.33. The van der Waals surface area contributed by atoms with E-state index in [-0.39, 0.29) is 42.5 Å². The molecule has 2 rings (SSSR count). The molecule has 0 saturated carbocycles. The summed E-state index contributed by atoms with van der Waals surface area (Å²) in [5.74, 6) is -0.840. The van der Waals surface area contributed by atoms with Crippen LogP contribution >= 0.6 is 35.3 Å². The maximum absolute atomic E-state index is 13.5. The Kier molecular flexibility index (Phi) is 9.36. The standard InChI is InChI=1S/C16H17F5N4S.HI/c1-22-15(23-7-5-10-11(17)3-2-4-12(10)18)24-8-6-14-25-13(9-26-14)16(19,20)21;/h2-4,9H,5-8H2,1H3,(H2,22,23,24);1H. The Morgan fingerprint density at radius 1 is 1.11 bits per heavy atom. The number of alkyl halides is 3. The summed E-state index contributed by atoms with van der Waals surface area (Å²) in [5, 5.41) is 7.15. The van der Waals surface area contributed by atoms with Crippen molar-refractivity contribution in [2.24, 2.45) is 4.99 Å². The molecule has 2 aromatic rings. The number of halogens is 6. The Morgan fingerprint density at radius 2 is 1.70 bits per heavy atom. The van der Waals surface area contributed by atoms with E-state index in [0.717, 1.165) is 16.7 Å². The van der Waals surface area contributed by atoms with Gasteiger partial charge in [0.05, 0.1) is 5.01 Å². The van der Waals surface area contributed by atoms with Crippen LogP contribution in [0.15, 0.2) is 28.6 Å². The third-order valence-corrected chi connectivity index (χ3v) is 4.33. The zero-order valence-corrected chi connectivity index (χ0v) is 17.4. The Hall–Kier alpha value is -1.50. The number of guanidine groups is 1. The summed E-state index contributed by atoms with van der Waals surface area (Å²) >= 11 is 0.939. The first-order valence-corrected chi connectivity index (χ1v) is 8.58. The van der Waals surface area contributed by atoms with Gasteiger partial charge in [0.15, 0.2) is 11.7 Å². The molecule has 1 aromatic heterocycles. The summed E-state index contributed by atoms with van der Waals surface area (Å²) in [6.45, 7) is 0.561. The summed E-state index contributed by atoms with van der Waals surface area (Å²) in [6.07, 6.45) is -4.02. The van der Waals surface area contributed by atoms with Crippen LogP contribution in [0.3, 0.4) is 0 Å². The molecule has 27 heavy (non-hydrogen) atoms. The number of rotatable bonds is 6. The fraction of sp³-hybridized carbons (Fsp3) is 0.375. The van der Waals surface area contributed by atoms with E-state index < -0.39 is 23.5 Å². The molecule has 150 valence electrons. The predicted molar refractivity (Wildman–Crippen MR) is 106 cm³/mol. The highest BCUT2D eigenvalue weighted by molar-refractivity contribution is 14.0. The third kappa shape index (κ3) is 7.20. The van der Waals surface area contributed by atoms with Gasteiger partial charge in [-0.05, 0) is 18.6 Å². The van der Waals surface area contributed by atoms with Crippen molar-refractivity contribution in [2.75, 3.05) is 20.1 Å². The number of hydrogen-bond acceptors (Lipinski definition) is 3. The SMILES string of the molecule is CN=C(NCCc1nc(C(F)(F)F)cs1)NCCc1c(F)cccc1F.I. The smallest absolute Gasteiger partial charge is 0.356 e. The van der Waals surface area contributed by atoms with Gasteiger partial charge in [0.1, 0.15) is 11.6 Å². The molecular weight excluding hydrogens is 502 g/mol. The molecule has 0 atom stereocenters. The molecule has 2 N–H and O–H groups in total. The third-order valence-electron chi connectivity index (χ3n) is 3.43. The minimum Gasteiger partial charge on any atom is -0.356 e. The molecule has 0 fully saturated rings. The molecule has 0 aliphatic heterocycles. The van der Waals surface area contributed by atoms with Gasteiger partial charge in [-0.2, -0.15) is 13.2 Å². The average Bonchev–Trinajstić information content (AvgIpc) is 3.05. The normalized spacial score (nSPS) is 11.9. The summed E-state index contributed by atoms with van der Waals surface area (Å²) in [4.78, 5) is 7.48. The van der Waals surface area contributed by atoms with Gasteiger partial charge in [0.25, 0.3) is 0 Å². The fourth-order valence-corrected chi connectivity index (χ4v) is 2.95. The summed E-state index contributed by atoms with van der Waals surface area (Å²) < 4.78 is 64.5. The summed E-state index contributed by atoms with van der Waals surface area (Å²) in [7, 11) is 1.52. The molecule has 0 radical (unpaired) electrons. The highest BCUT2D eigenvalue weighted by Crippen LogP contribution is 2.29. The van der Waals surface area contributed by atoms with Crippen molar-refractivity contribution in [2.45, 2.75) is 19.0 Å². The molecule has 4 nitrogen and oxygen atoms in total. The maximum atomic E-state index is 13.5. The van der Waals surface area contributed by atoms with E-state index in [1.54, 1.807) is 0 Å².